The minimum absolute atomic E-state index is 0. The minimum atomic E-state index is -0.0144. The summed E-state index contributed by atoms with van der Waals surface area (Å²) in [6.45, 7) is 8.71. The standard InChI is InChI=1S/C40H32N5O.Pt/c1-40(2,3)28-20-21-41-38(22-28)45-34-15-9-8-14-31(34)32-19-18-30(25-37(32)45)46-39-24-29(23-33(42-39)27-12-6-5-7-13-27)44-26-43(4)35-16-10-11-17-36(35)44;/h5-23,26H,1-4H3;/q-3;. The van der Waals surface area contributed by atoms with Crippen molar-refractivity contribution in [1.82, 2.24) is 14.5 Å². The molecule has 0 N–H and O–H groups in total. The van der Waals surface area contributed by atoms with Gasteiger partial charge in [-0.2, -0.15) is 30.6 Å². The van der Waals surface area contributed by atoms with Crippen LogP contribution in [0.5, 0.6) is 11.6 Å². The maximum Gasteiger partial charge on any atom is 0.135 e. The molecule has 7 aromatic rings. The predicted molar refractivity (Wildman–Crippen MR) is 186 cm³/mol. The summed E-state index contributed by atoms with van der Waals surface area (Å²) in [7, 11) is 2.05. The SMILES string of the molecule is CN1[CH-]N(c2[c-]c(Oc3[c-]c4c(cc3)c3ccccc3n4-c3cc(C(C)(C)C)ccn3)nc(-c3ccccc3)c2)c2ccccc21.[Pt]. The van der Waals surface area contributed by atoms with Crippen LogP contribution in [0, 0.1) is 18.8 Å². The molecule has 0 saturated carbocycles. The molecule has 3 aromatic heterocycles. The number of nitrogens with zero attached hydrogens (tertiary/aromatic N) is 5. The molecule has 4 aromatic carbocycles. The summed E-state index contributed by atoms with van der Waals surface area (Å²) in [4.78, 5) is 13.9. The van der Waals surface area contributed by atoms with Crippen LogP contribution in [0.15, 0.2) is 115 Å². The second kappa shape index (κ2) is 12.0. The molecule has 7 heteroatoms. The van der Waals surface area contributed by atoms with Crippen molar-refractivity contribution in [3.63, 3.8) is 0 Å². The third-order valence-corrected chi connectivity index (χ3v) is 8.47. The van der Waals surface area contributed by atoms with Crippen molar-refractivity contribution in [2.45, 2.75) is 26.2 Å². The molecule has 8 rings (SSSR count). The topological polar surface area (TPSA) is 46.4 Å². The third-order valence-electron chi connectivity index (χ3n) is 8.47. The van der Waals surface area contributed by atoms with Crippen LogP contribution in [0.1, 0.15) is 26.3 Å². The zero-order chi connectivity index (χ0) is 31.4. The van der Waals surface area contributed by atoms with Crippen LogP contribution < -0.4 is 14.5 Å². The van der Waals surface area contributed by atoms with E-state index < -0.39 is 0 Å². The van der Waals surface area contributed by atoms with E-state index in [0.717, 1.165) is 55.9 Å². The first kappa shape index (κ1) is 30.7. The van der Waals surface area contributed by atoms with Gasteiger partial charge in [0.1, 0.15) is 11.7 Å². The fourth-order valence-corrected chi connectivity index (χ4v) is 6.12. The molecule has 47 heavy (non-hydrogen) atoms. The summed E-state index contributed by atoms with van der Waals surface area (Å²) in [5.41, 5.74) is 7.96. The largest absolute Gasteiger partial charge is 0.504 e. The second-order valence-electron chi connectivity index (χ2n) is 12.6. The average Bonchev–Trinajstić information content (AvgIpc) is 3.59. The number of hydrogen-bond donors (Lipinski definition) is 0. The van der Waals surface area contributed by atoms with Gasteiger partial charge in [0, 0.05) is 49.9 Å². The molecule has 0 saturated heterocycles. The third kappa shape index (κ3) is 5.57. The fourth-order valence-electron chi connectivity index (χ4n) is 6.12. The quantitative estimate of drug-likeness (QED) is 0.163. The van der Waals surface area contributed by atoms with Crippen molar-refractivity contribution < 1.29 is 25.8 Å². The van der Waals surface area contributed by atoms with E-state index in [1.165, 1.54) is 5.56 Å². The van der Waals surface area contributed by atoms with Crippen molar-refractivity contribution in [2.75, 3.05) is 16.8 Å². The molecule has 4 heterocycles. The van der Waals surface area contributed by atoms with Gasteiger partial charge in [0.25, 0.3) is 0 Å². The molecule has 1 aliphatic heterocycles. The molecule has 0 atom stereocenters. The number of fused-ring (bicyclic) bond motifs is 4. The second-order valence-corrected chi connectivity index (χ2v) is 12.6. The van der Waals surface area contributed by atoms with Gasteiger partial charge in [-0.1, -0.05) is 87.0 Å². The van der Waals surface area contributed by atoms with Gasteiger partial charge in [0.15, 0.2) is 0 Å². The van der Waals surface area contributed by atoms with Crippen molar-refractivity contribution in [2.24, 2.45) is 0 Å². The zero-order valence-electron chi connectivity index (χ0n) is 26.5. The van der Waals surface area contributed by atoms with Crippen LogP contribution in [0.2, 0.25) is 0 Å². The van der Waals surface area contributed by atoms with E-state index in [9.17, 15) is 0 Å². The number of para-hydroxylation sites is 3. The summed E-state index contributed by atoms with van der Waals surface area (Å²) in [5.74, 6) is 1.76. The van der Waals surface area contributed by atoms with E-state index in [0.29, 0.717) is 11.6 Å². The molecule has 1 aliphatic rings. The van der Waals surface area contributed by atoms with Crippen LogP contribution in [0.3, 0.4) is 0 Å². The molecule has 0 bridgehead atoms. The maximum absolute atomic E-state index is 6.52. The molecular formula is C40H32N5OPt-3. The number of pyridine rings is 2. The molecule has 0 radical (unpaired) electrons. The van der Waals surface area contributed by atoms with Crippen LogP contribution in [0.4, 0.5) is 17.1 Å². The first-order valence-corrected chi connectivity index (χ1v) is 15.4. The molecular weight excluding hydrogens is 762 g/mol. The van der Waals surface area contributed by atoms with E-state index in [4.69, 9.17) is 14.7 Å². The van der Waals surface area contributed by atoms with Gasteiger partial charge >= 0.3 is 0 Å². The first-order chi connectivity index (χ1) is 22.3. The zero-order valence-corrected chi connectivity index (χ0v) is 28.8. The number of benzene rings is 4. The van der Waals surface area contributed by atoms with Gasteiger partial charge in [-0.05, 0) is 65.0 Å². The fraction of sp³-hybridized carbons (Fsp3) is 0.125. The van der Waals surface area contributed by atoms with E-state index >= 15 is 0 Å². The summed E-state index contributed by atoms with van der Waals surface area (Å²) in [6.07, 6.45) is 1.89. The minimum Gasteiger partial charge on any atom is -0.504 e. The van der Waals surface area contributed by atoms with Crippen molar-refractivity contribution in [1.29, 1.82) is 0 Å². The van der Waals surface area contributed by atoms with Gasteiger partial charge in [-0.15, -0.1) is 17.5 Å². The Balaban J connectivity index is 0.00000351. The smallest absolute Gasteiger partial charge is 0.135 e. The van der Waals surface area contributed by atoms with Crippen molar-refractivity contribution >= 4 is 38.9 Å². The molecule has 0 unspecified atom stereocenters. The van der Waals surface area contributed by atoms with E-state index in [1.54, 1.807) is 0 Å². The number of rotatable bonds is 5. The van der Waals surface area contributed by atoms with Crippen LogP contribution >= 0.6 is 0 Å². The molecule has 236 valence electrons. The van der Waals surface area contributed by atoms with Gasteiger partial charge in [-0.25, -0.2) is 4.98 Å². The Morgan fingerprint density at radius 1 is 0.766 bits per heavy atom. The van der Waals surface area contributed by atoms with Crippen molar-refractivity contribution in [3.8, 4) is 28.7 Å². The number of anilines is 3. The van der Waals surface area contributed by atoms with Crippen molar-refractivity contribution in [3.05, 3.63) is 140 Å². The van der Waals surface area contributed by atoms with Crippen LogP contribution in [0.25, 0.3) is 38.9 Å². The Morgan fingerprint density at radius 2 is 1.51 bits per heavy atom. The Labute approximate surface area is 289 Å². The summed E-state index contributed by atoms with van der Waals surface area (Å²) in [6, 6.07) is 44.2. The van der Waals surface area contributed by atoms with E-state index in [-0.39, 0.29) is 26.5 Å². The van der Waals surface area contributed by atoms with Gasteiger partial charge in [-0.3, -0.25) is 4.98 Å². The molecule has 0 fully saturated rings. The Bertz CT molecular complexity index is 2240. The molecule has 0 aliphatic carbocycles. The summed E-state index contributed by atoms with van der Waals surface area (Å²) < 4.78 is 8.69. The van der Waals surface area contributed by atoms with Gasteiger partial charge in [0.2, 0.25) is 0 Å². The van der Waals surface area contributed by atoms with E-state index in [1.807, 2.05) is 55.7 Å². The normalized spacial score (nSPS) is 12.8. The van der Waals surface area contributed by atoms with Crippen LogP contribution in [-0.4, -0.2) is 21.6 Å². The number of aromatic nitrogens is 3. The summed E-state index contributed by atoms with van der Waals surface area (Å²) >= 11 is 0. The molecule has 0 spiro atoms. The Morgan fingerprint density at radius 3 is 2.32 bits per heavy atom. The van der Waals surface area contributed by atoms with Crippen LogP contribution in [-0.2, 0) is 26.5 Å². The Kier molecular flexibility index (Phi) is 7.85. The van der Waals surface area contributed by atoms with E-state index in [2.05, 4.69) is 121 Å². The first-order valence-electron chi connectivity index (χ1n) is 15.4. The predicted octanol–water partition coefficient (Wildman–Crippen LogP) is 9.64. The molecule has 0 amide bonds. The average molecular weight is 794 g/mol. The number of hydrogen-bond acceptors (Lipinski definition) is 5. The monoisotopic (exact) mass is 793 g/mol. The molecule has 6 nitrogen and oxygen atoms in total. The Hall–Kier alpha value is -4.93. The number of ether oxygens (including phenoxy) is 1. The maximum atomic E-state index is 6.52. The van der Waals surface area contributed by atoms with Gasteiger partial charge < -0.3 is 19.1 Å². The summed E-state index contributed by atoms with van der Waals surface area (Å²) in [5, 5.41) is 2.21. The van der Waals surface area contributed by atoms with Gasteiger partial charge in [0.05, 0.1) is 0 Å².